The summed E-state index contributed by atoms with van der Waals surface area (Å²) in [5, 5.41) is 0. The van der Waals surface area contributed by atoms with Gasteiger partial charge in [0.2, 0.25) is 0 Å². The number of methoxy groups -OCH3 is 2. The highest BCUT2D eigenvalue weighted by atomic mass is 16.5. The molecule has 0 radical (unpaired) electrons. The molecule has 0 N–H and O–H groups in total. The van der Waals surface area contributed by atoms with Gasteiger partial charge in [0.05, 0.1) is 14.2 Å². The van der Waals surface area contributed by atoms with E-state index in [0.29, 0.717) is 0 Å². The molecule has 0 fully saturated rings. The summed E-state index contributed by atoms with van der Waals surface area (Å²) in [7, 11) is 3.38. The number of benzene rings is 2. The smallest absolute Gasteiger partial charge is 0.126 e. The molecule has 0 saturated carbocycles. The fraction of sp³-hybridized carbons (Fsp3) is 0.158. The van der Waals surface area contributed by atoms with Gasteiger partial charge in [0, 0.05) is 11.1 Å². The van der Waals surface area contributed by atoms with Gasteiger partial charge in [-0.25, -0.2) is 0 Å². The lowest BCUT2D eigenvalue weighted by Crippen LogP contribution is -1.85. The molecule has 0 atom stereocenters. The number of hydrogen-bond acceptors (Lipinski definition) is 2. The Morgan fingerprint density at radius 1 is 0.714 bits per heavy atom. The highest BCUT2D eigenvalue weighted by Gasteiger charge is 1.96. The van der Waals surface area contributed by atoms with Gasteiger partial charge in [0.1, 0.15) is 11.5 Å². The van der Waals surface area contributed by atoms with Crippen molar-refractivity contribution in [3.05, 3.63) is 71.8 Å². The molecule has 0 saturated heterocycles. The van der Waals surface area contributed by atoms with Crippen LogP contribution in [0, 0.1) is 0 Å². The van der Waals surface area contributed by atoms with Gasteiger partial charge in [-0.3, -0.25) is 0 Å². The fourth-order valence-corrected chi connectivity index (χ4v) is 2.08. The Bertz CT molecular complexity index is 571. The largest absolute Gasteiger partial charge is 0.496 e. The molecule has 2 heteroatoms. The van der Waals surface area contributed by atoms with Crippen LogP contribution in [-0.2, 0) is 0 Å². The van der Waals surface area contributed by atoms with Gasteiger partial charge in [-0.05, 0) is 18.6 Å². The minimum Gasteiger partial charge on any atom is -0.496 e. The van der Waals surface area contributed by atoms with Crippen LogP contribution in [0.25, 0.3) is 12.2 Å². The van der Waals surface area contributed by atoms with Gasteiger partial charge in [0.15, 0.2) is 0 Å². The molecule has 2 rings (SSSR count). The van der Waals surface area contributed by atoms with E-state index in [1.54, 1.807) is 14.2 Å². The molecule has 0 bridgehead atoms. The Hall–Kier alpha value is -2.48. The van der Waals surface area contributed by atoms with Crippen LogP contribution in [0.4, 0.5) is 0 Å². The molecule has 108 valence electrons. The van der Waals surface area contributed by atoms with E-state index in [0.717, 1.165) is 29.0 Å². The Balaban J connectivity index is 1.97. The van der Waals surface area contributed by atoms with Crippen LogP contribution in [-0.4, -0.2) is 14.2 Å². The maximum atomic E-state index is 5.32. The maximum absolute atomic E-state index is 5.32. The summed E-state index contributed by atoms with van der Waals surface area (Å²) >= 11 is 0. The highest BCUT2D eigenvalue weighted by molar-refractivity contribution is 5.59. The molecular formula is C19H20O2. The van der Waals surface area contributed by atoms with Gasteiger partial charge in [-0.2, -0.15) is 0 Å². The van der Waals surface area contributed by atoms with Crippen LogP contribution >= 0.6 is 0 Å². The van der Waals surface area contributed by atoms with E-state index in [4.69, 9.17) is 9.47 Å². The first kappa shape index (κ1) is 14.9. The summed E-state index contributed by atoms with van der Waals surface area (Å²) in [5.41, 5.74) is 2.18. The molecule has 0 aliphatic carbocycles. The monoisotopic (exact) mass is 280 g/mol. The average molecular weight is 280 g/mol. The lowest BCUT2D eigenvalue weighted by atomic mass is 10.1. The number of allylic oxidation sites excluding steroid dienone is 2. The van der Waals surface area contributed by atoms with Crippen LogP contribution in [0.2, 0.25) is 0 Å². The maximum Gasteiger partial charge on any atom is 0.126 e. The van der Waals surface area contributed by atoms with Crippen molar-refractivity contribution in [3.63, 3.8) is 0 Å². The fourth-order valence-electron chi connectivity index (χ4n) is 2.08. The number of ether oxygens (including phenoxy) is 2. The third-order valence-corrected chi connectivity index (χ3v) is 3.14. The first-order valence-corrected chi connectivity index (χ1v) is 6.94. The Morgan fingerprint density at radius 3 is 1.57 bits per heavy atom. The van der Waals surface area contributed by atoms with Crippen molar-refractivity contribution in [1.82, 2.24) is 0 Å². The van der Waals surface area contributed by atoms with Crippen LogP contribution in [0.5, 0.6) is 11.5 Å². The lowest BCUT2D eigenvalue weighted by molar-refractivity contribution is 0.414. The first-order chi connectivity index (χ1) is 10.3. The highest BCUT2D eigenvalue weighted by Crippen LogP contribution is 2.20. The first-order valence-electron chi connectivity index (χ1n) is 6.94. The average Bonchev–Trinajstić information content (AvgIpc) is 2.55. The molecule has 21 heavy (non-hydrogen) atoms. The Morgan fingerprint density at radius 2 is 1.14 bits per heavy atom. The van der Waals surface area contributed by atoms with Crippen molar-refractivity contribution in [2.45, 2.75) is 6.42 Å². The predicted molar refractivity (Wildman–Crippen MR) is 88.7 cm³/mol. The topological polar surface area (TPSA) is 18.5 Å². The summed E-state index contributed by atoms with van der Waals surface area (Å²) in [6.07, 6.45) is 9.24. The van der Waals surface area contributed by atoms with Crippen molar-refractivity contribution in [1.29, 1.82) is 0 Å². The van der Waals surface area contributed by atoms with E-state index in [1.165, 1.54) is 0 Å². The second-order valence-electron chi connectivity index (χ2n) is 4.52. The zero-order valence-corrected chi connectivity index (χ0v) is 12.5. The zero-order chi connectivity index (χ0) is 14.9. The Labute approximate surface area is 126 Å². The summed E-state index contributed by atoms with van der Waals surface area (Å²) in [6.45, 7) is 0. The third kappa shape index (κ3) is 4.25. The SMILES string of the molecule is COc1ccccc1C=CCC=Cc1ccccc1OC. The van der Waals surface area contributed by atoms with Gasteiger partial charge in [0.25, 0.3) is 0 Å². The molecule has 0 heterocycles. The third-order valence-electron chi connectivity index (χ3n) is 3.14. The predicted octanol–water partition coefficient (Wildman–Crippen LogP) is 4.82. The van der Waals surface area contributed by atoms with Gasteiger partial charge in [-0.1, -0.05) is 60.7 Å². The van der Waals surface area contributed by atoms with Gasteiger partial charge < -0.3 is 9.47 Å². The molecule has 0 aliphatic heterocycles. The minimum absolute atomic E-state index is 0.857. The molecule has 0 aliphatic rings. The van der Waals surface area contributed by atoms with E-state index in [-0.39, 0.29) is 0 Å². The number of hydrogen-bond donors (Lipinski definition) is 0. The van der Waals surface area contributed by atoms with E-state index in [9.17, 15) is 0 Å². The van der Waals surface area contributed by atoms with Crippen LogP contribution in [0.1, 0.15) is 17.5 Å². The standard InChI is InChI=1S/C19H20O2/c1-20-18-14-8-6-12-16(18)10-4-3-5-11-17-13-7-9-15-19(17)21-2/h4-15H,3H2,1-2H3. The van der Waals surface area contributed by atoms with Crippen molar-refractivity contribution >= 4 is 12.2 Å². The second-order valence-corrected chi connectivity index (χ2v) is 4.52. The lowest BCUT2D eigenvalue weighted by Gasteiger charge is -2.03. The van der Waals surface area contributed by atoms with E-state index < -0.39 is 0 Å². The molecule has 2 aromatic carbocycles. The van der Waals surface area contributed by atoms with Crippen LogP contribution < -0.4 is 9.47 Å². The van der Waals surface area contributed by atoms with Crippen LogP contribution in [0.15, 0.2) is 60.7 Å². The van der Waals surface area contributed by atoms with Crippen molar-refractivity contribution in [3.8, 4) is 11.5 Å². The van der Waals surface area contributed by atoms with Gasteiger partial charge in [-0.15, -0.1) is 0 Å². The molecule has 0 amide bonds. The Kier molecular flexibility index (Phi) is 5.65. The number of para-hydroxylation sites is 2. The normalized spacial score (nSPS) is 11.1. The van der Waals surface area contributed by atoms with Gasteiger partial charge >= 0.3 is 0 Å². The minimum atomic E-state index is 0.857. The van der Waals surface area contributed by atoms with E-state index in [2.05, 4.69) is 24.3 Å². The number of rotatable bonds is 6. The molecule has 0 spiro atoms. The molecule has 2 nitrogen and oxygen atoms in total. The molecular weight excluding hydrogens is 260 g/mol. The second kappa shape index (κ2) is 7.95. The quantitative estimate of drug-likeness (QED) is 0.755. The molecule has 0 unspecified atom stereocenters. The van der Waals surface area contributed by atoms with Crippen molar-refractivity contribution in [2.75, 3.05) is 14.2 Å². The van der Waals surface area contributed by atoms with Crippen molar-refractivity contribution < 1.29 is 9.47 Å². The zero-order valence-electron chi connectivity index (χ0n) is 12.5. The van der Waals surface area contributed by atoms with E-state index >= 15 is 0 Å². The molecule has 2 aromatic rings. The summed E-state index contributed by atoms with van der Waals surface area (Å²) < 4.78 is 10.6. The molecule has 0 aromatic heterocycles. The summed E-state index contributed by atoms with van der Waals surface area (Å²) in [4.78, 5) is 0. The summed E-state index contributed by atoms with van der Waals surface area (Å²) in [5.74, 6) is 1.78. The van der Waals surface area contributed by atoms with Crippen LogP contribution in [0.3, 0.4) is 0 Å². The van der Waals surface area contributed by atoms with E-state index in [1.807, 2.05) is 48.5 Å². The van der Waals surface area contributed by atoms with Crippen molar-refractivity contribution in [2.24, 2.45) is 0 Å². The summed E-state index contributed by atoms with van der Waals surface area (Å²) in [6, 6.07) is 16.0.